The van der Waals surface area contributed by atoms with Crippen molar-refractivity contribution in [3.05, 3.63) is 41.5 Å². The van der Waals surface area contributed by atoms with Crippen molar-refractivity contribution < 1.29 is 18.0 Å². The molecular formula is C14H15F3O. The third kappa shape index (κ3) is 4.73. The van der Waals surface area contributed by atoms with Crippen molar-refractivity contribution >= 4 is 12.4 Å². The van der Waals surface area contributed by atoms with Gasteiger partial charge < -0.3 is 4.79 Å². The van der Waals surface area contributed by atoms with Crippen LogP contribution >= 0.6 is 0 Å². The van der Waals surface area contributed by atoms with Crippen LogP contribution in [0, 0.1) is 0 Å². The van der Waals surface area contributed by atoms with Crippen LogP contribution in [0.25, 0.3) is 6.08 Å². The molecule has 0 atom stereocenters. The van der Waals surface area contributed by atoms with Crippen LogP contribution in [-0.2, 0) is 11.0 Å². The monoisotopic (exact) mass is 256 g/mol. The van der Waals surface area contributed by atoms with Gasteiger partial charge in [0.2, 0.25) is 0 Å². The number of hydrogen-bond acceptors (Lipinski definition) is 1. The Kier molecular flexibility index (Phi) is 5.62. The number of carbonyl (C=O) groups is 1. The van der Waals surface area contributed by atoms with Gasteiger partial charge in [0.15, 0.2) is 0 Å². The molecule has 0 aliphatic heterocycles. The van der Waals surface area contributed by atoms with E-state index in [1.54, 1.807) is 12.1 Å². The summed E-state index contributed by atoms with van der Waals surface area (Å²) in [5, 5.41) is 0. The molecule has 0 aliphatic carbocycles. The molecule has 98 valence electrons. The fourth-order valence-electron chi connectivity index (χ4n) is 1.60. The van der Waals surface area contributed by atoms with Gasteiger partial charge in [-0.15, -0.1) is 0 Å². The summed E-state index contributed by atoms with van der Waals surface area (Å²) >= 11 is 0. The minimum absolute atomic E-state index is 0.181. The molecular weight excluding hydrogens is 241 g/mol. The predicted molar refractivity (Wildman–Crippen MR) is 65.0 cm³/mol. The molecule has 1 aromatic carbocycles. The molecule has 0 unspecified atom stereocenters. The van der Waals surface area contributed by atoms with Gasteiger partial charge in [0.05, 0.1) is 5.56 Å². The van der Waals surface area contributed by atoms with E-state index in [-0.39, 0.29) is 5.56 Å². The summed E-state index contributed by atoms with van der Waals surface area (Å²) in [5.74, 6) is 0. The fraction of sp³-hybridized carbons (Fsp3) is 0.357. The molecule has 0 fully saturated rings. The van der Waals surface area contributed by atoms with Crippen LogP contribution in [0.4, 0.5) is 13.2 Å². The number of halogens is 3. The van der Waals surface area contributed by atoms with Crippen LogP contribution in [0.3, 0.4) is 0 Å². The van der Waals surface area contributed by atoms with Crippen molar-refractivity contribution in [2.24, 2.45) is 0 Å². The highest BCUT2D eigenvalue weighted by atomic mass is 19.4. The topological polar surface area (TPSA) is 17.1 Å². The maximum Gasteiger partial charge on any atom is 0.416 e. The molecule has 0 radical (unpaired) electrons. The van der Waals surface area contributed by atoms with Crippen LogP contribution in [0.1, 0.15) is 36.8 Å². The van der Waals surface area contributed by atoms with Crippen molar-refractivity contribution in [3.8, 4) is 0 Å². The van der Waals surface area contributed by atoms with E-state index >= 15 is 0 Å². The van der Waals surface area contributed by atoms with Gasteiger partial charge in [-0.25, -0.2) is 0 Å². The smallest absolute Gasteiger partial charge is 0.303 e. The second-order valence-corrected chi connectivity index (χ2v) is 3.94. The molecule has 0 saturated heterocycles. The van der Waals surface area contributed by atoms with E-state index in [9.17, 15) is 18.0 Å². The van der Waals surface area contributed by atoms with Crippen molar-refractivity contribution in [1.82, 2.24) is 0 Å². The summed E-state index contributed by atoms with van der Waals surface area (Å²) in [7, 11) is 0. The van der Waals surface area contributed by atoms with Crippen LogP contribution in [-0.4, -0.2) is 6.29 Å². The van der Waals surface area contributed by atoms with Crippen LogP contribution in [0.15, 0.2) is 30.3 Å². The second-order valence-electron chi connectivity index (χ2n) is 3.94. The molecule has 0 N–H and O–H groups in total. The summed E-state index contributed by atoms with van der Waals surface area (Å²) in [6.45, 7) is 0. The lowest BCUT2D eigenvalue weighted by Gasteiger charge is -2.09. The Morgan fingerprint density at radius 1 is 1.06 bits per heavy atom. The minimum atomic E-state index is -4.32. The number of aldehydes is 1. The predicted octanol–water partition coefficient (Wildman–Crippen LogP) is 4.48. The summed E-state index contributed by atoms with van der Waals surface area (Å²) in [4.78, 5) is 10.1. The largest absolute Gasteiger partial charge is 0.416 e. The number of hydrogen-bond donors (Lipinski definition) is 0. The lowest BCUT2D eigenvalue weighted by atomic mass is 10.1. The van der Waals surface area contributed by atoms with Crippen LogP contribution < -0.4 is 0 Å². The average molecular weight is 256 g/mol. The molecule has 0 bridgehead atoms. The number of unbranched alkanes of at least 4 members (excludes halogenated alkanes) is 3. The van der Waals surface area contributed by atoms with E-state index in [0.29, 0.717) is 12.8 Å². The zero-order valence-corrected chi connectivity index (χ0v) is 9.91. The van der Waals surface area contributed by atoms with Gasteiger partial charge in [0.25, 0.3) is 0 Å². The molecule has 0 aliphatic rings. The molecule has 4 heteroatoms. The Morgan fingerprint density at radius 3 is 2.39 bits per heavy atom. The number of alkyl halides is 3. The minimum Gasteiger partial charge on any atom is -0.303 e. The number of carbonyl (C=O) groups excluding carboxylic acids is 1. The fourth-order valence-corrected chi connectivity index (χ4v) is 1.60. The Hall–Kier alpha value is -1.58. The van der Waals surface area contributed by atoms with Gasteiger partial charge in [-0.3, -0.25) is 0 Å². The Labute approximate surface area is 104 Å². The van der Waals surface area contributed by atoms with Crippen molar-refractivity contribution in [3.63, 3.8) is 0 Å². The number of rotatable bonds is 6. The van der Waals surface area contributed by atoms with Crippen molar-refractivity contribution in [1.29, 1.82) is 0 Å². The quantitative estimate of drug-likeness (QED) is 0.542. The molecule has 0 amide bonds. The Balaban J connectivity index is 2.61. The van der Waals surface area contributed by atoms with Gasteiger partial charge in [0, 0.05) is 6.42 Å². The van der Waals surface area contributed by atoms with E-state index in [0.717, 1.165) is 25.2 Å². The van der Waals surface area contributed by atoms with E-state index < -0.39 is 11.7 Å². The summed E-state index contributed by atoms with van der Waals surface area (Å²) < 4.78 is 38.0. The highest BCUT2D eigenvalue weighted by Crippen LogP contribution is 2.32. The Morgan fingerprint density at radius 2 is 1.72 bits per heavy atom. The molecule has 0 spiro atoms. The zero-order chi connectivity index (χ0) is 13.4. The molecule has 0 aromatic heterocycles. The first-order valence-electron chi connectivity index (χ1n) is 5.82. The molecule has 1 aromatic rings. The number of benzene rings is 1. The average Bonchev–Trinajstić information content (AvgIpc) is 2.33. The van der Waals surface area contributed by atoms with E-state index in [2.05, 4.69) is 0 Å². The lowest BCUT2D eigenvalue weighted by Crippen LogP contribution is -2.06. The van der Waals surface area contributed by atoms with Gasteiger partial charge in [-0.1, -0.05) is 30.4 Å². The van der Waals surface area contributed by atoms with Gasteiger partial charge in [0.1, 0.15) is 6.29 Å². The lowest BCUT2D eigenvalue weighted by molar-refractivity contribution is -0.137. The molecule has 18 heavy (non-hydrogen) atoms. The van der Waals surface area contributed by atoms with Crippen LogP contribution in [0.5, 0.6) is 0 Å². The molecule has 0 heterocycles. The third-order valence-corrected chi connectivity index (χ3v) is 2.51. The van der Waals surface area contributed by atoms with E-state index in [4.69, 9.17) is 0 Å². The molecule has 1 rings (SSSR count). The highest BCUT2D eigenvalue weighted by molar-refractivity contribution is 5.54. The SMILES string of the molecule is O=CCCCCC=Cc1ccccc1C(F)(F)F. The second kappa shape index (κ2) is 6.99. The third-order valence-electron chi connectivity index (χ3n) is 2.51. The van der Waals surface area contributed by atoms with Gasteiger partial charge in [-0.2, -0.15) is 13.2 Å². The van der Waals surface area contributed by atoms with Crippen molar-refractivity contribution in [2.75, 3.05) is 0 Å². The standard InChI is InChI=1S/C14H15F3O/c15-14(16,17)13-10-6-5-9-12(13)8-4-2-1-3-7-11-18/h4-6,8-11H,1-3,7H2. The Bertz CT molecular complexity index is 408. The first kappa shape index (κ1) is 14.5. The molecule has 1 nitrogen and oxygen atoms in total. The number of allylic oxidation sites excluding steroid dienone is 1. The first-order chi connectivity index (χ1) is 8.55. The summed E-state index contributed by atoms with van der Waals surface area (Å²) in [5.41, 5.74) is -0.436. The van der Waals surface area contributed by atoms with E-state index in [1.165, 1.54) is 18.2 Å². The molecule has 0 saturated carbocycles. The van der Waals surface area contributed by atoms with Gasteiger partial charge in [-0.05, 0) is 30.9 Å². The maximum atomic E-state index is 12.7. The summed E-state index contributed by atoms with van der Waals surface area (Å²) in [6, 6.07) is 5.49. The van der Waals surface area contributed by atoms with Crippen LogP contribution in [0.2, 0.25) is 0 Å². The van der Waals surface area contributed by atoms with E-state index in [1.807, 2.05) is 0 Å². The maximum absolute atomic E-state index is 12.7. The summed E-state index contributed by atoms with van der Waals surface area (Å²) in [6.07, 6.45) is 2.51. The van der Waals surface area contributed by atoms with Gasteiger partial charge >= 0.3 is 6.18 Å². The van der Waals surface area contributed by atoms with Crippen molar-refractivity contribution in [2.45, 2.75) is 31.9 Å². The first-order valence-corrected chi connectivity index (χ1v) is 5.82. The normalized spacial score (nSPS) is 11.9. The highest BCUT2D eigenvalue weighted by Gasteiger charge is 2.32. The zero-order valence-electron chi connectivity index (χ0n) is 9.91.